The van der Waals surface area contributed by atoms with Crippen molar-refractivity contribution in [3.8, 4) is 0 Å². The molecule has 2 nitrogen and oxygen atoms in total. The molecular formula is C15H7ClF3NO. The van der Waals surface area contributed by atoms with E-state index in [1.54, 1.807) is 18.2 Å². The maximum Gasteiger partial charge on any atom is 0.195 e. The number of nitrogens with one attached hydrogen (secondary N) is 1. The van der Waals surface area contributed by atoms with Crippen molar-refractivity contribution >= 4 is 28.3 Å². The molecule has 0 saturated heterocycles. The smallest absolute Gasteiger partial charge is 0.195 e. The van der Waals surface area contributed by atoms with Gasteiger partial charge in [-0.15, -0.1) is 0 Å². The number of hydrogen-bond acceptors (Lipinski definition) is 1. The number of benzene rings is 2. The largest absolute Gasteiger partial charge is 0.360 e. The third-order valence-corrected chi connectivity index (χ3v) is 3.37. The summed E-state index contributed by atoms with van der Waals surface area (Å²) in [6.07, 6.45) is 1.42. The van der Waals surface area contributed by atoms with Crippen molar-refractivity contribution in [3.05, 3.63) is 70.1 Å². The van der Waals surface area contributed by atoms with E-state index in [0.29, 0.717) is 28.1 Å². The van der Waals surface area contributed by atoms with Gasteiger partial charge in [0.25, 0.3) is 0 Å². The average Bonchev–Trinajstić information content (AvgIpc) is 2.86. The number of halogens is 4. The molecule has 0 radical (unpaired) electrons. The molecule has 0 aliphatic carbocycles. The lowest BCUT2D eigenvalue weighted by molar-refractivity contribution is 0.103. The quantitative estimate of drug-likeness (QED) is 0.550. The molecule has 0 bridgehead atoms. The molecule has 0 unspecified atom stereocenters. The Morgan fingerprint density at radius 2 is 1.71 bits per heavy atom. The summed E-state index contributed by atoms with van der Waals surface area (Å²) >= 11 is 5.87. The van der Waals surface area contributed by atoms with Gasteiger partial charge in [0.1, 0.15) is 0 Å². The second kappa shape index (κ2) is 4.93. The second-order valence-corrected chi connectivity index (χ2v) is 4.91. The van der Waals surface area contributed by atoms with Crippen LogP contribution in [0.3, 0.4) is 0 Å². The molecule has 1 N–H and O–H groups in total. The van der Waals surface area contributed by atoms with E-state index in [1.807, 2.05) is 0 Å². The molecule has 106 valence electrons. The summed E-state index contributed by atoms with van der Waals surface area (Å²) in [6, 6.07) is 6.23. The van der Waals surface area contributed by atoms with Gasteiger partial charge in [0.05, 0.1) is 0 Å². The number of fused-ring (bicyclic) bond motifs is 1. The van der Waals surface area contributed by atoms with Crippen molar-refractivity contribution in [3.63, 3.8) is 0 Å². The van der Waals surface area contributed by atoms with Gasteiger partial charge in [-0.2, -0.15) is 0 Å². The molecule has 3 aromatic rings. The van der Waals surface area contributed by atoms with Crippen LogP contribution in [0.15, 0.2) is 36.5 Å². The number of aromatic nitrogens is 1. The van der Waals surface area contributed by atoms with E-state index >= 15 is 0 Å². The van der Waals surface area contributed by atoms with Crippen LogP contribution < -0.4 is 0 Å². The molecule has 3 rings (SSSR count). The van der Waals surface area contributed by atoms with Gasteiger partial charge in [-0.1, -0.05) is 11.6 Å². The molecule has 2 aromatic carbocycles. The van der Waals surface area contributed by atoms with Crippen LogP contribution in [0.5, 0.6) is 0 Å². The Balaban J connectivity index is 2.15. The molecule has 6 heteroatoms. The summed E-state index contributed by atoms with van der Waals surface area (Å²) in [5.74, 6) is -5.04. The minimum atomic E-state index is -1.60. The van der Waals surface area contributed by atoms with Crippen LogP contribution in [0.25, 0.3) is 10.9 Å². The van der Waals surface area contributed by atoms with E-state index < -0.39 is 23.2 Å². The molecular weight excluding hydrogens is 303 g/mol. The minimum Gasteiger partial charge on any atom is -0.360 e. The van der Waals surface area contributed by atoms with Gasteiger partial charge in [0, 0.05) is 33.2 Å². The molecule has 21 heavy (non-hydrogen) atoms. The highest BCUT2D eigenvalue weighted by atomic mass is 35.5. The molecule has 0 amide bonds. The van der Waals surface area contributed by atoms with E-state index in [4.69, 9.17) is 11.6 Å². The van der Waals surface area contributed by atoms with Gasteiger partial charge in [-0.25, -0.2) is 13.2 Å². The normalized spacial score (nSPS) is 11.0. The number of H-pyrrole nitrogens is 1. The number of carbonyl (C=O) groups is 1. The summed E-state index contributed by atoms with van der Waals surface area (Å²) in [5.41, 5.74) is 0.594. The van der Waals surface area contributed by atoms with Crippen molar-refractivity contribution < 1.29 is 18.0 Å². The second-order valence-electron chi connectivity index (χ2n) is 4.48. The van der Waals surface area contributed by atoms with E-state index in [-0.39, 0.29) is 11.1 Å². The molecule has 0 aliphatic heterocycles. The Bertz CT molecular complexity index is 849. The number of aromatic amines is 1. The zero-order valence-corrected chi connectivity index (χ0v) is 11.1. The van der Waals surface area contributed by atoms with Crippen molar-refractivity contribution in [2.45, 2.75) is 0 Å². The van der Waals surface area contributed by atoms with E-state index in [9.17, 15) is 18.0 Å². The van der Waals surface area contributed by atoms with Crippen LogP contribution in [0.1, 0.15) is 15.9 Å². The Morgan fingerprint density at radius 3 is 2.38 bits per heavy atom. The van der Waals surface area contributed by atoms with Gasteiger partial charge in [0.15, 0.2) is 23.2 Å². The molecule has 0 aliphatic rings. The fourth-order valence-corrected chi connectivity index (χ4v) is 2.29. The van der Waals surface area contributed by atoms with Crippen LogP contribution in [-0.4, -0.2) is 10.8 Å². The maximum atomic E-state index is 13.2. The van der Waals surface area contributed by atoms with E-state index in [2.05, 4.69) is 4.98 Å². The monoisotopic (exact) mass is 309 g/mol. The Labute approximate surface area is 122 Å². The molecule has 1 heterocycles. The third-order valence-electron chi connectivity index (χ3n) is 3.13. The summed E-state index contributed by atoms with van der Waals surface area (Å²) in [6.45, 7) is 0. The topological polar surface area (TPSA) is 32.9 Å². The van der Waals surface area contributed by atoms with Crippen LogP contribution in [-0.2, 0) is 0 Å². The first-order valence-electron chi connectivity index (χ1n) is 5.93. The lowest BCUT2D eigenvalue weighted by atomic mass is 10.0. The predicted molar refractivity (Wildman–Crippen MR) is 73.1 cm³/mol. The average molecular weight is 310 g/mol. The first kappa shape index (κ1) is 13.7. The summed E-state index contributed by atoms with van der Waals surface area (Å²) in [7, 11) is 0. The van der Waals surface area contributed by atoms with Crippen LogP contribution in [0, 0.1) is 17.5 Å². The van der Waals surface area contributed by atoms with E-state index in [1.165, 1.54) is 6.20 Å². The molecule has 1 aromatic heterocycles. The predicted octanol–water partition coefficient (Wildman–Crippen LogP) is 4.47. The summed E-state index contributed by atoms with van der Waals surface area (Å²) in [5, 5.41) is 0.949. The molecule has 0 spiro atoms. The maximum absolute atomic E-state index is 13.2. The Morgan fingerprint density at radius 1 is 1.05 bits per heavy atom. The highest BCUT2D eigenvalue weighted by Crippen LogP contribution is 2.25. The highest BCUT2D eigenvalue weighted by Gasteiger charge is 2.19. The minimum absolute atomic E-state index is 0.206. The zero-order chi connectivity index (χ0) is 15.1. The fraction of sp³-hybridized carbons (Fsp3) is 0. The first-order valence-corrected chi connectivity index (χ1v) is 6.31. The SMILES string of the molecule is O=C(c1cc(F)c(F)c(F)c1)c1c[nH]c2ccc(Cl)cc12. The number of ketones is 1. The van der Waals surface area contributed by atoms with Crippen LogP contribution >= 0.6 is 11.6 Å². The first-order chi connectivity index (χ1) is 9.97. The van der Waals surface area contributed by atoms with Crippen LogP contribution in [0.2, 0.25) is 5.02 Å². The standard InChI is InChI=1S/C15H7ClF3NO/c16-8-1-2-13-9(5-8)10(6-20-13)15(21)7-3-11(17)14(19)12(18)4-7/h1-6,20H. The molecule has 0 saturated carbocycles. The van der Waals surface area contributed by atoms with Crippen molar-refractivity contribution in [2.75, 3.05) is 0 Å². The third kappa shape index (κ3) is 2.29. The van der Waals surface area contributed by atoms with Gasteiger partial charge >= 0.3 is 0 Å². The highest BCUT2D eigenvalue weighted by molar-refractivity contribution is 6.31. The fourth-order valence-electron chi connectivity index (χ4n) is 2.12. The summed E-state index contributed by atoms with van der Waals surface area (Å²) < 4.78 is 39.4. The Hall–Kier alpha value is -2.27. The zero-order valence-electron chi connectivity index (χ0n) is 10.4. The number of rotatable bonds is 2. The van der Waals surface area contributed by atoms with Crippen molar-refractivity contribution in [2.24, 2.45) is 0 Å². The Kier molecular flexibility index (Phi) is 3.22. The summed E-state index contributed by atoms with van der Waals surface area (Å²) in [4.78, 5) is 15.2. The van der Waals surface area contributed by atoms with E-state index in [0.717, 1.165) is 0 Å². The van der Waals surface area contributed by atoms with Gasteiger partial charge in [-0.05, 0) is 30.3 Å². The number of hydrogen-bond donors (Lipinski definition) is 1. The van der Waals surface area contributed by atoms with Gasteiger partial charge in [-0.3, -0.25) is 4.79 Å². The van der Waals surface area contributed by atoms with Gasteiger partial charge in [0.2, 0.25) is 0 Å². The molecule has 0 atom stereocenters. The van der Waals surface area contributed by atoms with Crippen molar-refractivity contribution in [1.82, 2.24) is 4.98 Å². The van der Waals surface area contributed by atoms with Crippen LogP contribution in [0.4, 0.5) is 13.2 Å². The lowest BCUT2D eigenvalue weighted by Gasteiger charge is -2.02. The molecule has 0 fully saturated rings. The lowest BCUT2D eigenvalue weighted by Crippen LogP contribution is -2.04. The van der Waals surface area contributed by atoms with Crippen molar-refractivity contribution in [1.29, 1.82) is 0 Å². The van der Waals surface area contributed by atoms with Gasteiger partial charge < -0.3 is 4.98 Å². The number of carbonyl (C=O) groups excluding carboxylic acids is 1.